The molecule has 0 saturated carbocycles. The van der Waals surface area contributed by atoms with E-state index in [1.165, 1.54) is 11.8 Å². The van der Waals surface area contributed by atoms with Crippen molar-refractivity contribution in [3.63, 3.8) is 0 Å². The average molecular weight is 231 g/mol. The van der Waals surface area contributed by atoms with Gasteiger partial charge in [0.1, 0.15) is 8.07 Å². The van der Waals surface area contributed by atoms with Crippen LogP contribution in [0.3, 0.4) is 0 Å². The molecule has 0 aromatic rings. The maximum absolute atomic E-state index is 3.38. The Bertz CT molecular complexity index is 200. The van der Waals surface area contributed by atoms with Crippen molar-refractivity contribution in [1.29, 1.82) is 0 Å². The van der Waals surface area contributed by atoms with Crippen molar-refractivity contribution in [3.8, 4) is 10.8 Å². The molecule has 76 valence electrons. The number of hydrogen-bond donors (Lipinski definition) is 0. The van der Waals surface area contributed by atoms with E-state index in [9.17, 15) is 0 Å². The Morgan fingerprint density at radius 3 is 1.92 bits per heavy atom. The lowest BCUT2D eigenvalue weighted by atomic mass is 11.0. The number of rotatable bonds is 3. The van der Waals surface area contributed by atoms with Crippen molar-refractivity contribution in [3.05, 3.63) is 0 Å². The van der Waals surface area contributed by atoms with Crippen molar-refractivity contribution >= 4 is 27.9 Å². The molecule has 0 saturated heterocycles. The lowest BCUT2D eigenvalue weighted by Crippen LogP contribution is -2.19. The first kappa shape index (κ1) is 13.3. The molecule has 0 rings (SSSR count). The normalized spacial score (nSPS) is 12.2. The van der Waals surface area contributed by atoms with E-state index in [1.54, 1.807) is 0 Å². The van der Waals surface area contributed by atoms with E-state index in [2.05, 4.69) is 50.1 Å². The summed E-state index contributed by atoms with van der Waals surface area (Å²) in [6, 6.07) is 1.39. The van der Waals surface area contributed by atoms with Gasteiger partial charge in [0.15, 0.2) is 0 Å². The molecule has 13 heavy (non-hydrogen) atoms. The molecule has 0 fully saturated rings. The molecule has 0 atom stereocenters. The van der Waals surface area contributed by atoms with E-state index in [1.807, 2.05) is 11.8 Å². The largest absolute Gasteiger partial charge is 0.130 e. The van der Waals surface area contributed by atoms with Gasteiger partial charge in [0.05, 0.1) is 0 Å². The maximum atomic E-state index is 3.38. The monoisotopic (exact) mass is 230 g/mol. The van der Waals surface area contributed by atoms with E-state index >= 15 is 0 Å². The fraction of sp³-hybridized carbons (Fsp3) is 0.800. The fourth-order valence-corrected chi connectivity index (χ4v) is 5.07. The average Bonchev–Trinajstić information content (AvgIpc) is 1.81. The highest BCUT2D eigenvalue weighted by molar-refractivity contribution is 8.04. The molecule has 0 amide bonds. The Labute approximate surface area is 89.9 Å². The number of hydrogen-bond acceptors (Lipinski definition) is 1. The van der Waals surface area contributed by atoms with E-state index in [4.69, 9.17) is 0 Å². The highest BCUT2D eigenvalue weighted by Crippen LogP contribution is 2.12. The van der Waals surface area contributed by atoms with Crippen molar-refractivity contribution in [2.45, 2.75) is 45.3 Å². The van der Waals surface area contributed by atoms with Crippen molar-refractivity contribution < 1.29 is 0 Å². The highest BCUT2D eigenvalue weighted by Gasteiger charge is 2.11. The minimum Gasteiger partial charge on any atom is -0.120 e. The molecule has 0 radical (unpaired) electrons. The quantitative estimate of drug-likeness (QED) is 0.403. The second kappa shape index (κ2) is 5.28. The van der Waals surface area contributed by atoms with Crippen LogP contribution in [0.5, 0.6) is 0 Å². The molecular weight excluding hydrogens is 208 g/mol. The van der Waals surface area contributed by atoms with Crippen molar-refractivity contribution in [1.82, 2.24) is 0 Å². The topological polar surface area (TPSA) is 0 Å². The van der Waals surface area contributed by atoms with E-state index in [0.29, 0.717) is 0 Å². The number of thioether (sulfide) groups is 1. The van der Waals surface area contributed by atoms with Crippen LogP contribution in [0.15, 0.2) is 0 Å². The summed E-state index contributed by atoms with van der Waals surface area (Å²) in [6.07, 6.45) is 0. The molecule has 0 aliphatic rings. The summed E-state index contributed by atoms with van der Waals surface area (Å²) in [5.74, 6) is 1.23. The smallest absolute Gasteiger partial charge is 0.120 e. The standard InChI is InChI=1S/C10H22SSi2/c1-12(2,3)9-7-11-8-10-13(4,5)6/h7,9H2,1-6H3. The van der Waals surface area contributed by atoms with Gasteiger partial charge in [-0.3, -0.25) is 0 Å². The summed E-state index contributed by atoms with van der Waals surface area (Å²) in [5, 5.41) is 3.25. The van der Waals surface area contributed by atoms with Crippen LogP contribution in [0.4, 0.5) is 0 Å². The molecular formula is C10H22SSi2. The summed E-state index contributed by atoms with van der Waals surface area (Å²) in [7, 11) is -1.95. The Morgan fingerprint density at radius 2 is 1.54 bits per heavy atom. The molecule has 0 bridgehead atoms. The minimum atomic E-state index is -1.12. The summed E-state index contributed by atoms with van der Waals surface area (Å²) in [4.78, 5) is 0. The van der Waals surface area contributed by atoms with Crippen LogP contribution in [0.1, 0.15) is 0 Å². The van der Waals surface area contributed by atoms with Gasteiger partial charge in [-0.05, 0) is 11.3 Å². The minimum absolute atomic E-state index is 0.830. The zero-order chi connectivity index (χ0) is 10.5. The third-order valence-corrected chi connectivity index (χ3v) is 5.28. The van der Waals surface area contributed by atoms with Gasteiger partial charge in [-0.15, -0.1) is 5.54 Å². The molecule has 0 heterocycles. The first-order valence-corrected chi connectivity index (χ1v) is 13.0. The van der Waals surface area contributed by atoms with Crippen LogP contribution in [0, 0.1) is 10.8 Å². The Morgan fingerprint density at radius 1 is 1.00 bits per heavy atom. The van der Waals surface area contributed by atoms with Crippen LogP contribution < -0.4 is 0 Å². The van der Waals surface area contributed by atoms with Gasteiger partial charge < -0.3 is 0 Å². The van der Waals surface area contributed by atoms with E-state index in [0.717, 1.165) is 0 Å². The van der Waals surface area contributed by atoms with Crippen LogP contribution >= 0.6 is 11.8 Å². The van der Waals surface area contributed by atoms with Crippen LogP contribution in [0.25, 0.3) is 0 Å². The lowest BCUT2D eigenvalue weighted by molar-refractivity contribution is 1.38. The first-order chi connectivity index (χ1) is 5.71. The fourth-order valence-electron chi connectivity index (χ4n) is 0.597. The Hall–Kier alpha value is 0.344. The zero-order valence-corrected chi connectivity index (χ0v) is 12.6. The van der Waals surface area contributed by atoms with Crippen LogP contribution in [0.2, 0.25) is 45.3 Å². The van der Waals surface area contributed by atoms with Gasteiger partial charge in [0.25, 0.3) is 0 Å². The van der Waals surface area contributed by atoms with Crippen LogP contribution in [-0.2, 0) is 0 Å². The van der Waals surface area contributed by atoms with Crippen LogP contribution in [-0.4, -0.2) is 21.9 Å². The van der Waals surface area contributed by atoms with Gasteiger partial charge in [-0.25, -0.2) is 0 Å². The molecule has 0 aliphatic heterocycles. The van der Waals surface area contributed by atoms with Crippen molar-refractivity contribution in [2.75, 3.05) is 5.75 Å². The predicted octanol–water partition coefficient (Wildman–Crippen LogP) is 3.90. The molecule has 0 aromatic heterocycles. The molecule has 0 aromatic carbocycles. The van der Waals surface area contributed by atoms with Gasteiger partial charge in [0.2, 0.25) is 0 Å². The van der Waals surface area contributed by atoms with Gasteiger partial charge in [-0.1, -0.05) is 51.0 Å². The van der Waals surface area contributed by atoms with Gasteiger partial charge >= 0.3 is 0 Å². The SMILES string of the molecule is C[Si](C)(C)C#CSCC[Si](C)(C)C. The summed E-state index contributed by atoms with van der Waals surface area (Å²) < 4.78 is 0. The molecule has 0 aliphatic carbocycles. The Balaban J connectivity index is 3.62. The highest BCUT2D eigenvalue weighted by atomic mass is 32.2. The second-order valence-corrected chi connectivity index (χ2v) is 16.9. The Kier molecular flexibility index (Phi) is 5.42. The van der Waals surface area contributed by atoms with E-state index in [-0.39, 0.29) is 0 Å². The summed E-state index contributed by atoms with van der Waals surface area (Å²) in [5.41, 5.74) is 3.38. The van der Waals surface area contributed by atoms with E-state index < -0.39 is 16.1 Å². The first-order valence-electron chi connectivity index (χ1n) is 4.85. The molecule has 3 heteroatoms. The third kappa shape index (κ3) is 12.3. The predicted molar refractivity (Wildman–Crippen MR) is 71.7 cm³/mol. The van der Waals surface area contributed by atoms with Crippen molar-refractivity contribution in [2.24, 2.45) is 0 Å². The summed E-state index contributed by atoms with van der Waals surface area (Å²) >= 11 is 1.82. The lowest BCUT2D eigenvalue weighted by Gasteiger charge is -2.13. The zero-order valence-electron chi connectivity index (χ0n) is 9.82. The molecule has 0 spiro atoms. The maximum Gasteiger partial charge on any atom is 0.130 e. The summed E-state index contributed by atoms with van der Waals surface area (Å²) in [6.45, 7) is 14.1. The molecule has 0 N–H and O–H groups in total. The third-order valence-electron chi connectivity index (χ3n) is 1.45. The molecule has 0 nitrogen and oxygen atoms in total. The van der Waals surface area contributed by atoms with Gasteiger partial charge in [-0.2, -0.15) is 0 Å². The second-order valence-electron chi connectivity index (χ2n) is 5.64. The molecule has 0 unspecified atom stereocenters. The van der Waals surface area contributed by atoms with Gasteiger partial charge in [0, 0.05) is 13.8 Å².